The Kier molecular flexibility index (Phi) is 2.97. The number of benzene rings is 2. The Hall–Kier alpha value is -1.95. The molecule has 0 aliphatic rings. The smallest absolute Gasteiger partial charge is 0.198 e. The zero-order valence-corrected chi connectivity index (χ0v) is 11.0. The minimum Gasteiger partial charge on any atom is -0.236 e. The van der Waals surface area contributed by atoms with Crippen LogP contribution in [0.1, 0.15) is 5.56 Å². The van der Waals surface area contributed by atoms with Gasteiger partial charge in [0, 0.05) is 0 Å². The first kappa shape index (κ1) is 13.1. The van der Waals surface area contributed by atoms with Crippen molar-refractivity contribution < 1.29 is 17.6 Å². The van der Waals surface area contributed by atoms with Crippen molar-refractivity contribution in [2.24, 2.45) is 0 Å². The van der Waals surface area contributed by atoms with Crippen LogP contribution in [0.3, 0.4) is 0 Å². The highest BCUT2D eigenvalue weighted by Crippen LogP contribution is 2.34. The van der Waals surface area contributed by atoms with Gasteiger partial charge in [-0.2, -0.15) is 0 Å². The van der Waals surface area contributed by atoms with Gasteiger partial charge in [0.15, 0.2) is 23.3 Å². The Morgan fingerprint density at radius 2 is 1.70 bits per heavy atom. The van der Waals surface area contributed by atoms with Crippen molar-refractivity contribution in [3.63, 3.8) is 0 Å². The summed E-state index contributed by atoms with van der Waals surface area (Å²) in [5.41, 5.74) is 1.21. The van der Waals surface area contributed by atoms with Crippen LogP contribution in [0.15, 0.2) is 24.3 Å². The van der Waals surface area contributed by atoms with E-state index in [1.54, 1.807) is 6.07 Å². The van der Waals surface area contributed by atoms with Crippen LogP contribution in [0.5, 0.6) is 0 Å². The fraction of sp³-hybridized carbons (Fsp3) is 0.0714. The Balaban J connectivity index is 2.25. The van der Waals surface area contributed by atoms with Gasteiger partial charge in [-0.1, -0.05) is 6.07 Å². The monoisotopic (exact) mass is 297 g/mol. The van der Waals surface area contributed by atoms with Gasteiger partial charge in [-0.25, -0.2) is 22.5 Å². The Bertz CT molecular complexity index is 826. The van der Waals surface area contributed by atoms with Gasteiger partial charge < -0.3 is 0 Å². The van der Waals surface area contributed by atoms with Crippen molar-refractivity contribution in [1.29, 1.82) is 0 Å². The summed E-state index contributed by atoms with van der Waals surface area (Å²) in [5, 5.41) is 0.112. The lowest BCUT2D eigenvalue weighted by atomic mass is 10.2. The standard InChI is InChI=1S/C14H7F4NS/c1-6-2-3-9-10(4-6)20-14(19-9)7-5-8(15)12(17)13(18)11(7)16/h2-5H,1H3. The number of thiazole rings is 1. The number of aryl methyl sites for hydroxylation is 1. The van der Waals surface area contributed by atoms with Crippen LogP contribution >= 0.6 is 11.3 Å². The molecule has 0 amide bonds. The zero-order chi connectivity index (χ0) is 14.4. The lowest BCUT2D eigenvalue weighted by Gasteiger charge is -2.02. The Morgan fingerprint density at radius 1 is 0.950 bits per heavy atom. The third-order valence-electron chi connectivity index (χ3n) is 2.88. The molecule has 0 aliphatic carbocycles. The molecule has 3 rings (SSSR count). The molecule has 0 fully saturated rings. The maximum Gasteiger partial charge on any atom is 0.198 e. The molecule has 1 heterocycles. The summed E-state index contributed by atoms with van der Waals surface area (Å²) in [5.74, 6) is -6.51. The maximum absolute atomic E-state index is 13.7. The fourth-order valence-electron chi connectivity index (χ4n) is 1.88. The van der Waals surface area contributed by atoms with Crippen molar-refractivity contribution in [2.75, 3.05) is 0 Å². The molecule has 0 aliphatic heterocycles. The largest absolute Gasteiger partial charge is 0.236 e. The molecule has 0 atom stereocenters. The summed E-state index contributed by atoms with van der Waals surface area (Å²) >= 11 is 1.10. The van der Waals surface area contributed by atoms with E-state index in [0.29, 0.717) is 11.6 Å². The lowest BCUT2D eigenvalue weighted by molar-refractivity contribution is 0.411. The minimum atomic E-state index is -1.82. The molecule has 0 spiro atoms. The molecule has 2 aromatic carbocycles. The maximum atomic E-state index is 13.7. The summed E-state index contributed by atoms with van der Waals surface area (Å²) in [4.78, 5) is 4.12. The van der Waals surface area contributed by atoms with Gasteiger partial charge in [0.1, 0.15) is 5.01 Å². The number of nitrogens with zero attached hydrogens (tertiary/aromatic N) is 1. The molecule has 0 bridgehead atoms. The van der Waals surface area contributed by atoms with Crippen LogP contribution in [0.25, 0.3) is 20.8 Å². The van der Waals surface area contributed by atoms with Crippen LogP contribution < -0.4 is 0 Å². The molecule has 3 aromatic rings. The van der Waals surface area contributed by atoms with E-state index in [0.717, 1.165) is 21.6 Å². The molecular formula is C14H7F4NS. The average molecular weight is 297 g/mol. The number of rotatable bonds is 1. The molecule has 102 valence electrons. The molecule has 1 aromatic heterocycles. The van der Waals surface area contributed by atoms with E-state index in [2.05, 4.69) is 4.98 Å². The van der Waals surface area contributed by atoms with E-state index >= 15 is 0 Å². The number of hydrogen-bond donors (Lipinski definition) is 0. The fourth-order valence-corrected chi connectivity index (χ4v) is 2.95. The van der Waals surface area contributed by atoms with Crippen LogP contribution in [0.4, 0.5) is 17.6 Å². The highest BCUT2D eigenvalue weighted by atomic mass is 32.1. The van der Waals surface area contributed by atoms with Crippen molar-refractivity contribution in [3.05, 3.63) is 53.1 Å². The summed E-state index contributed by atoms with van der Waals surface area (Å²) in [7, 11) is 0. The average Bonchev–Trinajstić information content (AvgIpc) is 2.83. The highest BCUT2D eigenvalue weighted by molar-refractivity contribution is 7.21. The summed E-state index contributed by atoms with van der Waals surface area (Å²) < 4.78 is 53.9. The molecule has 0 radical (unpaired) electrons. The molecule has 20 heavy (non-hydrogen) atoms. The van der Waals surface area contributed by atoms with Crippen molar-refractivity contribution in [2.45, 2.75) is 6.92 Å². The number of halogens is 4. The first-order valence-corrected chi connectivity index (χ1v) is 6.49. The number of fused-ring (bicyclic) bond motifs is 1. The van der Waals surface area contributed by atoms with Crippen LogP contribution in [-0.4, -0.2) is 4.98 Å². The molecule has 0 N–H and O–H groups in total. The highest BCUT2D eigenvalue weighted by Gasteiger charge is 2.21. The van der Waals surface area contributed by atoms with Crippen LogP contribution in [0, 0.1) is 30.2 Å². The van der Waals surface area contributed by atoms with Crippen LogP contribution in [-0.2, 0) is 0 Å². The summed E-state index contributed by atoms with van der Waals surface area (Å²) in [6, 6.07) is 6.02. The Morgan fingerprint density at radius 3 is 2.45 bits per heavy atom. The van der Waals surface area contributed by atoms with Gasteiger partial charge in [-0.3, -0.25) is 0 Å². The van der Waals surface area contributed by atoms with Gasteiger partial charge in [0.25, 0.3) is 0 Å². The first-order valence-electron chi connectivity index (χ1n) is 5.68. The third-order valence-corrected chi connectivity index (χ3v) is 3.93. The second-order valence-corrected chi connectivity index (χ2v) is 5.37. The Labute approximate surface area is 115 Å². The lowest BCUT2D eigenvalue weighted by Crippen LogP contribution is -1.98. The van der Waals surface area contributed by atoms with Gasteiger partial charge in [-0.15, -0.1) is 11.3 Å². The van der Waals surface area contributed by atoms with E-state index in [-0.39, 0.29) is 10.6 Å². The van der Waals surface area contributed by atoms with E-state index in [4.69, 9.17) is 0 Å². The predicted octanol–water partition coefficient (Wildman–Crippen LogP) is 4.83. The summed E-state index contributed by atoms with van der Waals surface area (Å²) in [6.45, 7) is 1.89. The first-order chi connectivity index (χ1) is 9.47. The predicted molar refractivity (Wildman–Crippen MR) is 69.6 cm³/mol. The molecule has 0 saturated heterocycles. The van der Waals surface area contributed by atoms with Gasteiger partial charge in [-0.05, 0) is 30.7 Å². The van der Waals surface area contributed by atoms with Crippen molar-refractivity contribution in [3.8, 4) is 10.6 Å². The van der Waals surface area contributed by atoms with Gasteiger partial charge >= 0.3 is 0 Å². The second kappa shape index (κ2) is 4.56. The summed E-state index contributed by atoms with van der Waals surface area (Å²) in [6.07, 6.45) is 0. The van der Waals surface area contributed by atoms with Crippen molar-refractivity contribution >= 4 is 21.6 Å². The number of aromatic nitrogens is 1. The van der Waals surface area contributed by atoms with E-state index in [9.17, 15) is 17.6 Å². The zero-order valence-electron chi connectivity index (χ0n) is 10.2. The molecule has 0 saturated carbocycles. The van der Waals surface area contributed by atoms with Crippen molar-refractivity contribution in [1.82, 2.24) is 4.98 Å². The minimum absolute atomic E-state index is 0.112. The van der Waals surface area contributed by atoms with Gasteiger partial charge in [0.2, 0.25) is 0 Å². The quantitative estimate of drug-likeness (QED) is 0.356. The molecule has 0 unspecified atom stereocenters. The van der Waals surface area contributed by atoms with Gasteiger partial charge in [0.05, 0.1) is 15.8 Å². The third kappa shape index (κ3) is 1.96. The van der Waals surface area contributed by atoms with E-state index in [1.165, 1.54) is 0 Å². The SMILES string of the molecule is Cc1ccc2nc(-c3cc(F)c(F)c(F)c3F)sc2c1. The van der Waals surface area contributed by atoms with Crippen LogP contribution in [0.2, 0.25) is 0 Å². The van der Waals surface area contributed by atoms with E-state index in [1.807, 2.05) is 19.1 Å². The molecular weight excluding hydrogens is 290 g/mol. The molecule has 6 heteroatoms. The topological polar surface area (TPSA) is 12.9 Å². The van der Waals surface area contributed by atoms with E-state index < -0.39 is 23.3 Å². The second-order valence-electron chi connectivity index (χ2n) is 4.34. The number of hydrogen-bond acceptors (Lipinski definition) is 2. The molecule has 1 nitrogen and oxygen atoms in total. The normalized spacial score (nSPS) is 11.2.